The molecule has 0 amide bonds. The van der Waals surface area contributed by atoms with Gasteiger partial charge in [0.15, 0.2) is 21.3 Å². The van der Waals surface area contributed by atoms with E-state index in [1.807, 2.05) is 0 Å². The molecule has 2 heterocycles. The Morgan fingerprint density at radius 3 is 2.58 bits per heavy atom. The van der Waals surface area contributed by atoms with E-state index in [0.29, 0.717) is 16.4 Å². The zero-order valence-corrected chi connectivity index (χ0v) is 15.1. The molecule has 1 aliphatic rings. The Bertz CT molecular complexity index is 935. The largest absolute Gasteiger partial charge is 0.454 e. The number of benzene rings is 1. The minimum atomic E-state index is -3.82. The summed E-state index contributed by atoms with van der Waals surface area (Å²) in [7, 11) is -7.34. The van der Waals surface area contributed by atoms with Crippen LogP contribution < -0.4 is 14.2 Å². The van der Waals surface area contributed by atoms with E-state index in [1.165, 1.54) is 29.5 Å². The molecule has 10 heteroatoms. The number of fused-ring (bicyclic) bond motifs is 1. The quantitative estimate of drug-likeness (QED) is 0.805. The van der Waals surface area contributed by atoms with Crippen LogP contribution in [-0.2, 0) is 19.9 Å². The van der Waals surface area contributed by atoms with Gasteiger partial charge in [0.05, 0.1) is 11.2 Å². The Balaban J connectivity index is 1.99. The zero-order chi connectivity index (χ0) is 17.4. The van der Waals surface area contributed by atoms with Crippen LogP contribution >= 0.6 is 11.3 Å². The number of sulfonamides is 1. The average molecular weight is 389 g/mol. The predicted molar refractivity (Wildman–Crippen MR) is 89.7 cm³/mol. The predicted octanol–water partition coefficient (Wildman–Crippen LogP) is 1.54. The standard InChI is InChI=1S/C14H15NO6S3/c1-23(16,17)15-8-14(13-3-2-6-22-13)24(18,19)10-4-5-11-12(7-10)21-9-20-11/h2-7,14-15H,8-9H2,1H3/t14-/m0/s1. The van der Waals surface area contributed by atoms with Gasteiger partial charge in [-0.25, -0.2) is 21.6 Å². The molecule has 3 rings (SSSR count). The number of hydrogen-bond donors (Lipinski definition) is 1. The Morgan fingerprint density at radius 2 is 1.92 bits per heavy atom. The Kier molecular flexibility index (Phi) is 4.56. The van der Waals surface area contributed by atoms with Crippen LogP contribution in [0.2, 0.25) is 0 Å². The van der Waals surface area contributed by atoms with Crippen molar-refractivity contribution >= 4 is 31.2 Å². The molecule has 130 valence electrons. The van der Waals surface area contributed by atoms with Crippen molar-refractivity contribution in [2.45, 2.75) is 10.1 Å². The molecule has 1 N–H and O–H groups in total. The summed E-state index contributed by atoms with van der Waals surface area (Å²) in [6.07, 6.45) is 0.992. The van der Waals surface area contributed by atoms with Crippen LogP contribution in [0.4, 0.5) is 0 Å². The first-order valence-electron chi connectivity index (χ1n) is 6.89. The molecular formula is C14H15NO6S3. The molecule has 0 spiro atoms. The van der Waals surface area contributed by atoms with Gasteiger partial charge in [0.2, 0.25) is 16.8 Å². The van der Waals surface area contributed by atoms with E-state index in [1.54, 1.807) is 17.5 Å². The summed E-state index contributed by atoms with van der Waals surface area (Å²) < 4.78 is 61.5. The Hall–Kier alpha value is -1.62. The fourth-order valence-electron chi connectivity index (χ4n) is 2.28. The molecule has 0 saturated heterocycles. The summed E-state index contributed by atoms with van der Waals surface area (Å²) in [6.45, 7) is -0.195. The lowest BCUT2D eigenvalue weighted by Crippen LogP contribution is -2.30. The van der Waals surface area contributed by atoms with Crippen LogP contribution in [-0.4, -0.2) is 36.4 Å². The van der Waals surface area contributed by atoms with Crippen LogP contribution in [0, 0.1) is 0 Å². The van der Waals surface area contributed by atoms with Gasteiger partial charge in [0, 0.05) is 17.5 Å². The van der Waals surface area contributed by atoms with Crippen molar-refractivity contribution < 1.29 is 26.3 Å². The van der Waals surface area contributed by atoms with Crippen molar-refractivity contribution in [3.63, 3.8) is 0 Å². The summed E-state index contributed by atoms with van der Waals surface area (Å²) in [5, 5.41) is 0.727. The van der Waals surface area contributed by atoms with Crippen molar-refractivity contribution in [3.8, 4) is 11.5 Å². The van der Waals surface area contributed by atoms with Crippen molar-refractivity contribution in [2.24, 2.45) is 0 Å². The molecule has 0 fully saturated rings. The van der Waals surface area contributed by atoms with E-state index >= 15 is 0 Å². The third-order valence-corrected chi connectivity index (χ3v) is 7.35. The molecule has 0 bridgehead atoms. The van der Waals surface area contributed by atoms with Crippen LogP contribution in [0.1, 0.15) is 10.1 Å². The fraction of sp³-hybridized carbons (Fsp3) is 0.286. The molecule has 2 aromatic rings. The fourth-order valence-corrected chi connectivity index (χ4v) is 5.66. The second-order valence-corrected chi connectivity index (χ2v) is 10.1. The lowest BCUT2D eigenvalue weighted by Gasteiger charge is -2.17. The highest BCUT2D eigenvalue weighted by Gasteiger charge is 2.32. The number of thiophene rings is 1. The van der Waals surface area contributed by atoms with Gasteiger partial charge >= 0.3 is 0 Å². The monoisotopic (exact) mass is 389 g/mol. The van der Waals surface area contributed by atoms with E-state index < -0.39 is 25.1 Å². The second-order valence-electron chi connectivity index (χ2n) is 5.18. The minimum Gasteiger partial charge on any atom is -0.454 e. The first kappa shape index (κ1) is 17.2. The summed E-state index contributed by atoms with van der Waals surface area (Å²) in [5.74, 6) is 0.841. The molecule has 0 saturated carbocycles. The Labute approximate surface area is 144 Å². The molecule has 1 atom stereocenters. The molecule has 1 aromatic carbocycles. The first-order valence-corrected chi connectivity index (χ1v) is 11.2. The van der Waals surface area contributed by atoms with E-state index in [9.17, 15) is 16.8 Å². The van der Waals surface area contributed by atoms with Gasteiger partial charge in [-0.15, -0.1) is 11.3 Å². The third kappa shape index (κ3) is 3.56. The number of ether oxygens (including phenoxy) is 2. The molecule has 7 nitrogen and oxygen atoms in total. The van der Waals surface area contributed by atoms with Gasteiger partial charge < -0.3 is 9.47 Å². The molecule has 0 unspecified atom stereocenters. The van der Waals surface area contributed by atoms with E-state index in [2.05, 4.69) is 4.72 Å². The number of sulfone groups is 1. The highest BCUT2D eigenvalue weighted by atomic mass is 32.2. The van der Waals surface area contributed by atoms with Crippen molar-refractivity contribution in [3.05, 3.63) is 40.6 Å². The lowest BCUT2D eigenvalue weighted by atomic mass is 10.3. The highest BCUT2D eigenvalue weighted by molar-refractivity contribution is 7.92. The zero-order valence-electron chi connectivity index (χ0n) is 12.6. The van der Waals surface area contributed by atoms with Gasteiger partial charge in [-0.3, -0.25) is 0 Å². The maximum atomic E-state index is 13.0. The maximum absolute atomic E-state index is 13.0. The van der Waals surface area contributed by atoms with Gasteiger partial charge in [-0.05, 0) is 23.6 Å². The minimum absolute atomic E-state index is 0.0445. The van der Waals surface area contributed by atoms with Crippen LogP contribution in [0.5, 0.6) is 11.5 Å². The van der Waals surface area contributed by atoms with Crippen LogP contribution in [0.15, 0.2) is 40.6 Å². The summed E-state index contributed by atoms with van der Waals surface area (Å²) in [6, 6.07) is 7.76. The molecule has 0 radical (unpaired) electrons. The normalized spacial score (nSPS) is 15.4. The van der Waals surface area contributed by atoms with Crippen LogP contribution in [0.25, 0.3) is 0 Å². The Morgan fingerprint density at radius 1 is 1.17 bits per heavy atom. The molecule has 1 aromatic heterocycles. The van der Waals surface area contributed by atoms with Gasteiger partial charge in [0.1, 0.15) is 5.25 Å². The van der Waals surface area contributed by atoms with Crippen molar-refractivity contribution in [2.75, 3.05) is 19.6 Å². The first-order chi connectivity index (χ1) is 11.3. The lowest BCUT2D eigenvalue weighted by molar-refractivity contribution is 0.174. The molecule has 0 aliphatic carbocycles. The number of nitrogens with one attached hydrogen (secondary N) is 1. The molecule has 1 aliphatic heterocycles. The van der Waals surface area contributed by atoms with E-state index in [4.69, 9.17) is 9.47 Å². The van der Waals surface area contributed by atoms with Crippen LogP contribution in [0.3, 0.4) is 0 Å². The van der Waals surface area contributed by atoms with Gasteiger partial charge in [-0.1, -0.05) is 6.07 Å². The van der Waals surface area contributed by atoms with Gasteiger partial charge in [0.25, 0.3) is 0 Å². The third-order valence-electron chi connectivity index (χ3n) is 3.44. The van der Waals surface area contributed by atoms with Crippen molar-refractivity contribution in [1.29, 1.82) is 0 Å². The highest BCUT2D eigenvalue weighted by Crippen LogP contribution is 2.38. The van der Waals surface area contributed by atoms with E-state index in [-0.39, 0.29) is 18.2 Å². The van der Waals surface area contributed by atoms with Crippen molar-refractivity contribution in [1.82, 2.24) is 4.72 Å². The van der Waals surface area contributed by atoms with E-state index in [0.717, 1.165) is 6.26 Å². The average Bonchev–Trinajstić information content (AvgIpc) is 3.16. The smallest absolute Gasteiger partial charge is 0.231 e. The second kappa shape index (κ2) is 6.36. The summed E-state index contributed by atoms with van der Waals surface area (Å²) >= 11 is 1.26. The SMILES string of the molecule is CS(=O)(=O)NC[C@@H](c1cccs1)S(=O)(=O)c1ccc2c(c1)OCO2. The van der Waals surface area contributed by atoms with Gasteiger partial charge in [-0.2, -0.15) is 0 Å². The summed E-state index contributed by atoms with van der Waals surface area (Å²) in [4.78, 5) is 0.615. The number of rotatable bonds is 6. The topological polar surface area (TPSA) is 98.8 Å². The summed E-state index contributed by atoms with van der Waals surface area (Å²) in [5.41, 5.74) is 0. The molecular weight excluding hydrogens is 374 g/mol. The molecule has 24 heavy (non-hydrogen) atoms. The number of hydrogen-bond acceptors (Lipinski definition) is 7. The maximum Gasteiger partial charge on any atom is 0.231 e.